The number of carbonyl (C=O) groups is 1. The minimum Gasteiger partial charge on any atom is -0.307 e. The van der Waals surface area contributed by atoms with Crippen molar-refractivity contribution in [2.45, 2.75) is 38.3 Å². The zero-order chi connectivity index (χ0) is 23.4. The van der Waals surface area contributed by atoms with Gasteiger partial charge < -0.3 is 4.79 Å². The van der Waals surface area contributed by atoms with Crippen LogP contribution in [0.1, 0.15) is 36.8 Å². The van der Waals surface area contributed by atoms with Gasteiger partial charge in [-0.05, 0) is 67.2 Å². The van der Waals surface area contributed by atoms with Crippen LogP contribution in [0.5, 0.6) is 0 Å². The summed E-state index contributed by atoms with van der Waals surface area (Å²) in [6.45, 7) is 5.81. The molecule has 3 saturated heterocycles. The fraction of sp³-hybridized carbons (Fsp3) is 0.682. The summed E-state index contributed by atoms with van der Waals surface area (Å²) in [5.74, 6) is 0.0952. The molecule has 0 amide bonds. The normalized spacial score (nSPS) is 26.5. The Morgan fingerprint density at radius 3 is 2.00 bits per heavy atom. The molecule has 4 fully saturated rings. The van der Waals surface area contributed by atoms with Gasteiger partial charge in [0.1, 0.15) is 22.4 Å². The lowest BCUT2D eigenvalue weighted by Crippen LogP contribution is -2.73. The first-order chi connectivity index (χ1) is 15.0. The van der Waals surface area contributed by atoms with Crippen molar-refractivity contribution in [3.05, 3.63) is 35.1 Å². The predicted molar refractivity (Wildman–Crippen MR) is 111 cm³/mol. The summed E-state index contributed by atoms with van der Waals surface area (Å²) in [6, 6.07) is 2.85. The van der Waals surface area contributed by atoms with Crippen molar-refractivity contribution in [1.82, 2.24) is 10.0 Å². The highest BCUT2D eigenvalue weighted by atomic mass is 32.2. The van der Waals surface area contributed by atoms with Crippen LogP contribution in [-0.2, 0) is 27.2 Å². The molecule has 32 heavy (non-hydrogen) atoms. The number of sulfone groups is 1. The summed E-state index contributed by atoms with van der Waals surface area (Å²) in [4.78, 5) is 8.00. The van der Waals surface area contributed by atoms with Gasteiger partial charge in [-0.25, -0.2) is 22.8 Å². The van der Waals surface area contributed by atoms with Crippen LogP contribution in [0.3, 0.4) is 0 Å². The topological polar surface area (TPSA) is 57.7 Å². The van der Waals surface area contributed by atoms with E-state index in [4.69, 9.17) is 4.79 Å². The molecule has 1 aromatic rings. The van der Waals surface area contributed by atoms with Gasteiger partial charge >= 0.3 is 6.18 Å². The van der Waals surface area contributed by atoms with Crippen molar-refractivity contribution in [3.8, 4) is 0 Å². The van der Waals surface area contributed by atoms with Crippen molar-refractivity contribution < 1.29 is 30.8 Å². The highest BCUT2D eigenvalue weighted by Crippen LogP contribution is 2.55. The third-order valence-corrected chi connectivity index (χ3v) is 9.26. The predicted octanol–water partition coefficient (Wildman–Crippen LogP) is 3.34. The lowest BCUT2D eigenvalue weighted by Gasteiger charge is -2.66. The second kappa shape index (κ2) is 8.06. The number of carbonyl (C=O) groups excluding carboxylic acids is 1. The second-order valence-corrected chi connectivity index (χ2v) is 12.4. The average Bonchev–Trinajstić information content (AvgIpc) is 2.62. The molecule has 0 atom stereocenters. The van der Waals surface area contributed by atoms with Crippen molar-refractivity contribution >= 4 is 16.6 Å². The molecule has 3 aliphatic heterocycles. The SMILES string of the molecule is C=O.O=S1(=O)CCC2(CC1)CN(N1CC3(CC(Cc4cc(F)cc(C(F)(F)F)c4)C3)C1)C2. The molecule has 178 valence electrons. The maximum absolute atomic E-state index is 13.6. The summed E-state index contributed by atoms with van der Waals surface area (Å²) < 4.78 is 75.5. The molecule has 0 aromatic heterocycles. The Morgan fingerprint density at radius 2 is 1.47 bits per heavy atom. The minimum absolute atomic E-state index is 0.170. The van der Waals surface area contributed by atoms with E-state index in [0.29, 0.717) is 35.5 Å². The highest BCUT2D eigenvalue weighted by molar-refractivity contribution is 7.91. The van der Waals surface area contributed by atoms with E-state index in [9.17, 15) is 26.0 Å². The van der Waals surface area contributed by atoms with Crippen LogP contribution >= 0.6 is 0 Å². The summed E-state index contributed by atoms with van der Waals surface area (Å²) >= 11 is 0. The van der Waals surface area contributed by atoms with Gasteiger partial charge in [0.2, 0.25) is 0 Å². The maximum atomic E-state index is 13.6. The maximum Gasteiger partial charge on any atom is 0.416 e. The number of halogens is 4. The number of alkyl halides is 3. The molecule has 5 rings (SSSR count). The first-order valence-electron chi connectivity index (χ1n) is 10.8. The smallest absolute Gasteiger partial charge is 0.307 e. The zero-order valence-corrected chi connectivity index (χ0v) is 18.7. The summed E-state index contributed by atoms with van der Waals surface area (Å²) in [6.07, 6.45) is -0.564. The summed E-state index contributed by atoms with van der Waals surface area (Å²) in [5, 5.41) is 4.67. The van der Waals surface area contributed by atoms with Crippen LogP contribution in [0.4, 0.5) is 17.6 Å². The molecule has 1 aliphatic carbocycles. The molecule has 3 heterocycles. The van der Waals surface area contributed by atoms with Crippen LogP contribution in [0.2, 0.25) is 0 Å². The fourth-order valence-electron chi connectivity index (χ4n) is 5.98. The van der Waals surface area contributed by atoms with Gasteiger partial charge in [0.25, 0.3) is 0 Å². The van der Waals surface area contributed by atoms with E-state index in [1.54, 1.807) is 0 Å². The Labute approximate surface area is 185 Å². The number of nitrogens with zero attached hydrogens (tertiary/aromatic N) is 2. The van der Waals surface area contributed by atoms with E-state index >= 15 is 0 Å². The van der Waals surface area contributed by atoms with Crippen LogP contribution < -0.4 is 0 Å². The molecule has 1 saturated carbocycles. The monoisotopic (exact) mass is 476 g/mol. The van der Waals surface area contributed by atoms with E-state index in [0.717, 1.165) is 57.9 Å². The average molecular weight is 477 g/mol. The quantitative estimate of drug-likeness (QED) is 0.627. The Balaban J connectivity index is 0.00000119. The Kier molecular flexibility index (Phi) is 5.95. The van der Waals surface area contributed by atoms with E-state index < -0.39 is 27.4 Å². The molecule has 2 spiro atoms. The second-order valence-electron chi connectivity index (χ2n) is 10.1. The molecular formula is C22H28F4N2O3S. The molecule has 0 unspecified atom stereocenters. The largest absolute Gasteiger partial charge is 0.416 e. The van der Waals surface area contributed by atoms with Gasteiger partial charge in [-0.1, -0.05) is 0 Å². The van der Waals surface area contributed by atoms with E-state index in [-0.39, 0.29) is 10.8 Å². The van der Waals surface area contributed by atoms with Crippen LogP contribution in [0.25, 0.3) is 0 Å². The van der Waals surface area contributed by atoms with E-state index in [1.807, 2.05) is 6.79 Å². The summed E-state index contributed by atoms with van der Waals surface area (Å²) in [5.41, 5.74) is -0.0632. The Hall–Kier alpha value is -1.52. The lowest BCUT2D eigenvalue weighted by atomic mass is 9.57. The van der Waals surface area contributed by atoms with Gasteiger partial charge in [-0.2, -0.15) is 13.2 Å². The highest BCUT2D eigenvalue weighted by Gasteiger charge is 2.57. The molecule has 0 radical (unpaired) electrons. The third-order valence-electron chi connectivity index (χ3n) is 7.61. The Bertz CT molecular complexity index is 946. The third kappa shape index (κ3) is 4.59. The van der Waals surface area contributed by atoms with Crippen LogP contribution in [0.15, 0.2) is 18.2 Å². The molecule has 0 N–H and O–H groups in total. The van der Waals surface area contributed by atoms with E-state index in [1.165, 1.54) is 6.07 Å². The van der Waals surface area contributed by atoms with Gasteiger partial charge in [0.05, 0.1) is 17.1 Å². The molecule has 1 aromatic carbocycles. The molecule has 0 bridgehead atoms. The first kappa shape index (κ1) is 23.6. The standard InChI is InChI=1S/C21H26F4N2O2S.CH2O/c22-18-7-15(6-17(8-18)21(23,24)25)5-16-9-20(10-16)13-27(14-20)26-11-19(12-26)1-3-30(28,29)4-2-19;1-2/h6-8,16H,1-5,9-14H2;1H2. The minimum atomic E-state index is -4.52. The van der Waals surface area contributed by atoms with Crippen LogP contribution in [0, 0.1) is 22.6 Å². The van der Waals surface area contributed by atoms with Crippen molar-refractivity contribution in [2.24, 2.45) is 16.7 Å². The number of benzene rings is 1. The van der Waals surface area contributed by atoms with Crippen molar-refractivity contribution in [3.63, 3.8) is 0 Å². The van der Waals surface area contributed by atoms with Gasteiger partial charge in [0.15, 0.2) is 0 Å². The molecule has 10 heteroatoms. The lowest BCUT2D eigenvalue weighted by molar-refractivity contribution is -0.248. The first-order valence-corrected chi connectivity index (χ1v) is 12.6. The number of hydrogen-bond acceptors (Lipinski definition) is 5. The van der Waals surface area contributed by atoms with Gasteiger partial charge in [0, 0.05) is 31.6 Å². The molecule has 4 aliphatic rings. The van der Waals surface area contributed by atoms with Crippen molar-refractivity contribution in [1.29, 1.82) is 0 Å². The summed E-state index contributed by atoms with van der Waals surface area (Å²) in [7, 11) is -2.84. The van der Waals surface area contributed by atoms with Crippen LogP contribution in [-0.4, -0.2) is 62.9 Å². The molecule has 5 nitrogen and oxygen atoms in total. The number of hydrazine groups is 1. The van der Waals surface area contributed by atoms with Gasteiger partial charge in [-0.15, -0.1) is 0 Å². The Morgan fingerprint density at radius 1 is 0.938 bits per heavy atom. The van der Waals surface area contributed by atoms with Gasteiger partial charge in [-0.3, -0.25) is 0 Å². The zero-order valence-electron chi connectivity index (χ0n) is 17.8. The number of rotatable bonds is 3. The van der Waals surface area contributed by atoms with Crippen molar-refractivity contribution in [2.75, 3.05) is 37.7 Å². The fourth-order valence-corrected chi connectivity index (χ4v) is 7.67. The molecular weight excluding hydrogens is 448 g/mol. The number of hydrogen-bond donors (Lipinski definition) is 0. The van der Waals surface area contributed by atoms with E-state index in [2.05, 4.69) is 10.0 Å².